The van der Waals surface area contributed by atoms with Crippen molar-refractivity contribution in [2.24, 2.45) is 0 Å². The quantitative estimate of drug-likeness (QED) is 0.847. The van der Waals surface area contributed by atoms with Gasteiger partial charge in [-0.25, -0.2) is 0 Å². The summed E-state index contributed by atoms with van der Waals surface area (Å²) in [7, 11) is 0. The molecule has 0 fully saturated rings. The molecule has 1 heterocycles. The Bertz CT molecular complexity index is 445. The summed E-state index contributed by atoms with van der Waals surface area (Å²) in [6.45, 7) is 5.72. The van der Waals surface area contributed by atoms with Gasteiger partial charge in [0.05, 0.1) is 12.4 Å². The maximum atomic E-state index is 4.40. The molecule has 0 atom stereocenters. The van der Waals surface area contributed by atoms with Gasteiger partial charge in [-0.3, -0.25) is 10.00 Å². The molecule has 0 aliphatic rings. The largest absolute Gasteiger partial charge is 0.294 e. The lowest BCUT2D eigenvalue weighted by molar-refractivity contribution is 0.499. The van der Waals surface area contributed by atoms with Crippen molar-refractivity contribution in [2.75, 3.05) is 0 Å². The van der Waals surface area contributed by atoms with Crippen LogP contribution in [0.4, 0.5) is 0 Å². The normalized spacial score (nSPS) is 10.6. The molecule has 0 aliphatic carbocycles. The summed E-state index contributed by atoms with van der Waals surface area (Å²) in [5.74, 6) is 0. The monoisotopic (exact) mass is 215 g/mol. The molecule has 0 bridgehead atoms. The zero-order valence-electron chi connectivity index (χ0n) is 9.77. The van der Waals surface area contributed by atoms with Crippen LogP contribution in [-0.4, -0.2) is 9.78 Å². The van der Waals surface area contributed by atoms with Gasteiger partial charge in [0.1, 0.15) is 0 Å². The zero-order valence-corrected chi connectivity index (χ0v) is 9.77. The van der Waals surface area contributed by atoms with Crippen LogP contribution in [0.25, 0.3) is 0 Å². The van der Waals surface area contributed by atoms with E-state index < -0.39 is 0 Å². The standard InChI is InChI=1S/C13H17N3/c1-11-8-12(2)16(15-11)10-14-9-13-6-4-3-5-7-13/h3-8,14H,9-10H2,1-2H3. The predicted molar refractivity (Wildman–Crippen MR) is 65.0 cm³/mol. The minimum absolute atomic E-state index is 0.758. The molecule has 0 radical (unpaired) electrons. The Morgan fingerprint density at radius 2 is 1.94 bits per heavy atom. The van der Waals surface area contributed by atoms with Crippen LogP contribution in [0.3, 0.4) is 0 Å². The highest BCUT2D eigenvalue weighted by Crippen LogP contribution is 2.01. The number of hydrogen-bond acceptors (Lipinski definition) is 2. The van der Waals surface area contributed by atoms with E-state index in [0.717, 1.165) is 18.9 Å². The van der Waals surface area contributed by atoms with Gasteiger partial charge < -0.3 is 0 Å². The molecule has 1 aromatic carbocycles. The van der Waals surface area contributed by atoms with Crippen molar-refractivity contribution in [1.82, 2.24) is 15.1 Å². The number of aryl methyl sites for hydroxylation is 2. The molecule has 3 heteroatoms. The third-order valence-electron chi connectivity index (χ3n) is 2.54. The van der Waals surface area contributed by atoms with Crippen LogP contribution in [-0.2, 0) is 13.2 Å². The van der Waals surface area contributed by atoms with Crippen LogP contribution in [0.2, 0.25) is 0 Å². The van der Waals surface area contributed by atoms with Crippen molar-refractivity contribution in [2.45, 2.75) is 27.1 Å². The van der Waals surface area contributed by atoms with Crippen molar-refractivity contribution in [3.8, 4) is 0 Å². The second kappa shape index (κ2) is 4.94. The minimum Gasteiger partial charge on any atom is -0.294 e. The fourth-order valence-corrected chi connectivity index (χ4v) is 1.74. The van der Waals surface area contributed by atoms with Crippen LogP contribution in [0.15, 0.2) is 36.4 Å². The lowest BCUT2D eigenvalue weighted by Crippen LogP contribution is -2.19. The predicted octanol–water partition coefficient (Wildman–Crippen LogP) is 2.25. The van der Waals surface area contributed by atoms with Crippen LogP contribution in [0.1, 0.15) is 17.0 Å². The first-order chi connectivity index (χ1) is 7.75. The van der Waals surface area contributed by atoms with E-state index >= 15 is 0 Å². The highest BCUT2D eigenvalue weighted by molar-refractivity contribution is 5.14. The van der Waals surface area contributed by atoms with E-state index in [1.165, 1.54) is 11.3 Å². The second-order valence-electron chi connectivity index (χ2n) is 4.00. The molecule has 16 heavy (non-hydrogen) atoms. The number of aromatic nitrogens is 2. The Kier molecular flexibility index (Phi) is 3.37. The van der Waals surface area contributed by atoms with Gasteiger partial charge in [-0.05, 0) is 25.5 Å². The SMILES string of the molecule is Cc1cc(C)n(CNCc2ccccc2)n1. The molecule has 3 nitrogen and oxygen atoms in total. The molecule has 1 N–H and O–H groups in total. The third-order valence-corrected chi connectivity index (χ3v) is 2.54. The zero-order chi connectivity index (χ0) is 11.4. The Hall–Kier alpha value is -1.61. The molecule has 84 valence electrons. The molecule has 2 aromatic rings. The van der Waals surface area contributed by atoms with Crippen LogP contribution >= 0.6 is 0 Å². The van der Waals surface area contributed by atoms with E-state index in [1.807, 2.05) is 17.7 Å². The van der Waals surface area contributed by atoms with Gasteiger partial charge >= 0.3 is 0 Å². The van der Waals surface area contributed by atoms with E-state index in [4.69, 9.17) is 0 Å². The summed E-state index contributed by atoms with van der Waals surface area (Å²) in [6.07, 6.45) is 0. The molecule has 0 aliphatic heterocycles. The fraction of sp³-hybridized carbons (Fsp3) is 0.308. The second-order valence-corrected chi connectivity index (χ2v) is 4.00. The molecule has 0 unspecified atom stereocenters. The first kappa shape index (κ1) is 10.9. The first-order valence-electron chi connectivity index (χ1n) is 5.51. The van der Waals surface area contributed by atoms with Gasteiger partial charge in [0.15, 0.2) is 0 Å². The van der Waals surface area contributed by atoms with Gasteiger partial charge in [0.25, 0.3) is 0 Å². The molecule has 0 saturated heterocycles. The molecular formula is C13H17N3. The summed E-state index contributed by atoms with van der Waals surface area (Å²) in [4.78, 5) is 0. The first-order valence-corrected chi connectivity index (χ1v) is 5.51. The van der Waals surface area contributed by atoms with E-state index in [9.17, 15) is 0 Å². The average molecular weight is 215 g/mol. The third kappa shape index (κ3) is 2.70. The number of nitrogens with one attached hydrogen (secondary N) is 1. The molecule has 1 aromatic heterocycles. The van der Waals surface area contributed by atoms with Gasteiger partial charge in [0, 0.05) is 12.2 Å². The van der Waals surface area contributed by atoms with Crippen LogP contribution < -0.4 is 5.32 Å². The van der Waals surface area contributed by atoms with Gasteiger partial charge in [-0.1, -0.05) is 30.3 Å². The van der Waals surface area contributed by atoms with Crippen molar-refractivity contribution in [3.05, 3.63) is 53.3 Å². The number of rotatable bonds is 4. The maximum Gasteiger partial charge on any atom is 0.0909 e. The Morgan fingerprint density at radius 1 is 1.19 bits per heavy atom. The van der Waals surface area contributed by atoms with Crippen LogP contribution in [0, 0.1) is 13.8 Å². The van der Waals surface area contributed by atoms with Gasteiger partial charge in [-0.15, -0.1) is 0 Å². The topological polar surface area (TPSA) is 29.9 Å². The number of hydrogen-bond donors (Lipinski definition) is 1. The summed E-state index contributed by atoms with van der Waals surface area (Å²) in [5.41, 5.74) is 3.56. The summed E-state index contributed by atoms with van der Waals surface area (Å²) >= 11 is 0. The lowest BCUT2D eigenvalue weighted by Gasteiger charge is -2.06. The Labute approximate surface area is 96.1 Å². The van der Waals surface area contributed by atoms with Crippen molar-refractivity contribution in [1.29, 1.82) is 0 Å². The number of nitrogens with zero attached hydrogens (tertiary/aromatic N) is 2. The molecule has 0 spiro atoms. The van der Waals surface area contributed by atoms with Gasteiger partial charge in [0.2, 0.25) is 0 Å². The van der Waals surface area contributed by atoms with E-state index in [1.54, 1.807) is 0 Å². The lowest BCUT2D eigenvalue weighted by atomic mass is 10.2. The summed E-state index contributed by atoms with van der Waals surface area (Å²) in [5, 5.41) is 7.77. The van der Waals surface area contributed by atoms with Crippen LogP contribution in [0.5, 0.6) is 0 Å². The Balaban J connectivity index is 1.87. The minimum atomic E-state index is 0.758. The van der Waals surface area contributed by atoms with Gasteiger partial charge in [-0.2, -0.15) is 5.10 Å². The van der Waals surface area contributed by atoms with Crippen molar-refractivity contribution in [3.63, 3.8) is 0 Å². The van der Waals surface area contributed by atoms with E-state index in [-0.39, 0.29) is 0 Å². The smallest absolute Gasteiger partial charge is 0.0909 e. The molecular weight excluding hydrogens is 198 g/mol. The summed E-state index contributed by atoms with van der Waals surface area (Å²) < 4.78 is 1.98. The number of benzene rings is 1. The maximum absolute atomic E-state index is 4.40. The Morgan fingerprint density at radius 3 is 2.56 bits per heavy atom. The molecule has 2 rings (SSSR count). The average Bonchev–Trinajstić information content (AvgIpc) is 2.59. The fourth-order valence-electron chi connectivity index (χ4n) is 1.74. The highest BCUT2D eigenvalue weighted by Gasteiger charge is 1.99. The molecule has 0 amide bonds. The van der Waals surface area contributed by atoms with Crippen molar-refractivity contribution < 1.29 is 0 Å². The van der Waals surface area contributed by atoms with E-state index in [2.05, 4.69) is 47.7 Å². The molecule has 0 saturated carbocycles. The highest BCUT2D eigenvalue weighted by atomic mass is 15.3. The van der Waals surface area contributed by atoms with E-state index in [0.29, 0.717) is 0 Å². The van der Waals surface area contributed by atoms with Crippen molar-refractivity contribution >= 4 is 0 Å². The summed E-state index contributed by atoms with van der Waals surface area (Å²) in [6, 6.07) is 12.5.